The van der Waals surface area contributed by atoms with Crippen molar-refractivity contribution >= 4 is 10.0 Å². The number of hydrogen-bond acceptors (Lipinski definition) is 4. The van der Waals surface area contributed by atoms with Gasteiger partial charge in [0.2, 0.25) is 10.0 Å². The van der Waals surface area contributed by atoms with Crippen molar-refractivity contribution < 1.29 is 8.42 Å². The highest BCUT2D eigenvalue weighted by Gasteiger charge is 2.25. The molecule has 0 saturated heterocycles. The van der Waals surface area contributed by atoms with Crippen LogP contribution in [0.25, 0.3) is 0 Å². The SMILES string of the molecule is CC(C#N)S(=O)(=O)NCC(C)(C)CN(C)C. The summed E-state index contributed by atoms with van der Waals surface area (Å²) in [6.07, 6.45) is 0. The van der Waals surface area contributed by atoms with E-state index in [-0.39, 0.29) is 5.41 Å². The maximum atomic E-state index is 11.5. The van der Waals surface area contributed by atoms with E-state index in [9.17, 15) is 8.42 Å². The lowest BCUT2D eigenvalue weighted by Crippen LogP contribution is -2.42. The molecule has 0 aliphatic rings. The highest BCUT2D eigenvalue weighted by Crippen LogP contribution is 2.15. The van der Waals surface area contributed by atoms with Gasteiger partial charge in [0.05, 0.1) is 6.07 Å². The number of hydrogen-bond donors (Lipinski definition) is 1. The van der Waals surface area contributed by atoms with Crippen molar-refractivity contribution in [2.24, 2.45) is 5.41 Å². The van der Waals surface area contributed by atoms with Gasteiger partial charge in [0.15, 0.2) is 5.25 Å². The van der Waals surface area contributed by atoms with Gasteiger partial charge in [-0.05, 0) is 26.4 Å². The number of rotatable bonds is 6. The van der Waals surface area contributed by atoms with Crippen molar-refractivity contribution in [1.29, 1.82) is 5.26 Å². The van der Waals surface area contributed by atoms with Gasteiger partial charge in [-0.25, -0.2) is 13.1 Å². The van der Waals surface area contributed by atoms with E-state index >= 15 is 0 Å². The molecule has 0 heterocycles. The van der Waals surface area contributed by atoms with Crippen LogP contribution in [0.5, 0.6) is 0 Å². The van der Waals surface area contributed by atoms with Gasteiger partial charge in [0, 0.05) is 13.1 Å². The first kappa shape index (κ1) is 15.4. The Kier molecular flexibility index (Phi) is 5.39. The molecule has 0 fully saturated rings. The van der Waals surface area contributed by atoms with Gasteiger partial charge in [-0.15, -0.1) is 0 Å². The van der Waals surface area contributed by atoms with Crippen molar-refractivity contribution in [1.82, 2.24) is 9.62 Å². The standard InChI is InChI=1S/C10H21N3O2S/c1-9(6-11)16(14,15)12-7-10(2,3)8-13(4)5/h9,12H,7-8H2,1-5H3. The maximum absolute atomic E-state index is 11.5. The molecular weight excluding hydrogens is 226 g/mol. The number of sulfonamides is 1. The Balaban J connectivity index is 4.41. The molecule has 0 spiro atoms. The van der Waals surface area contributed by atoms with Crippen LogP contribution in [0.15, 0.2) is 0 Å². The molecule has 1 unspecified atom stereocenters. The smallest absolute Gasteiger partial charge is 0.227 e. The molecule has 0 saturated carbocycles. The zero-order chi connectivity index (χ0) is 13.0. The zero-order valence-corrected chi connectivity index (χ0v) is 11.4. The highest BCUT2D eigenvalue weighted by atomic mass is 32.2. The molecule has 0 amide bonds. The van der Waals surface area contributed by atoms with Gasteiger partial charge in [-0.3, -0.25) is 0 Å². The average molecular weight is 247 g/mol. The van der Waals surface area contributed by atoms with E-state index in [4.69, 9.17) is 5.26 Å². The minimum Gasteiger partial charge on any atom is -0.309 e. The summed E-state index contributed by atoms with van der Waals surface area (Å²) in [5.41, 5.74) is -0.161. The van der Waals surface area contributed by atoms with Gasteiger partial charge < -0.3 is 4.90 Å². The third-order valence-corrected chi connectivity index (χ3v) is 3.73. The fourth-order valence-electron chi connectivity index (χ4n) is 1.40. The van der Waals surface area contributed by atoms with Gasteiger partial charge in [0.1, 0.15) is 0 Å². The molecule has 6 heteroatoms. The van der Waals surface area contributed by atoms with Gasteiger partial charge in [0.25, 0.3) is 0 Å². The van der Waals surface area contributed by atoms with Crippen LogP contribution in [0, 0.1) is 16.7 Å². The molecule has 0 aromatic heterocycles. The van der Waals surface area contributed by atoms with Crippen LogP contribution in [0.3, 0.4) is 0 Å². The largest absolute Gasteiger partial charge is 0.309 e. The van der Waals surface area contributed by atoms with Gasteiger partial charge in [-0.2, -0.15) is 5.26 Å². The highest BCUT2D eigenvalue weighted by molar-refractivity contribution is 7.90. The lowest BCUT2D eigenvalue weighted by atomic mass is 9.93. The summed E-state index contributed by atoms with van der Waals surface area (Å²) in [6, 6.07) is 1.72. The molecule has 0 aromatic rings. The Morgan fingerprint density at radius 1 is 1.44 bits per heavy atom. The minimum atomic E-state index is -3.51. The topological polar surface area (TPSA) is 73.2 Å². The van der Waals surface area contributed by atoms with Crippen LogP contribution < -0.4 is 4.72 Å². The van der Waals surface area contributed by atoms with E-state index in [0.29, 0.717) is 6.54 Å². The molecule has 0 aliphatic carbocycles. The Hall–Kier alpha value is -0.640. The molecule has 0 radical (unpaired) electrons. The Morgan fingerprint density at radius 2 is 1.94 bits per heavy atom. The van der Waals surface area contributed by atoms with Crippen LogP contribution in [0.4, 0.5) is 0 Å². The van der Waals surface area contributed by atoms with Crippen LogP contribution in [0.1, 0.15) is 20.8 Å². The lowest BCUT2D eigenvalue weighted by molar-refractivity contribution is 0.242. The van der Waals surface area contributed by atoms with Crippen molar-refractivity contribution in [2.75, 3.05) is 27.2 Å². The molecule has 5 nitrogen and oxygen atoms in total. The third-order valence-electron chi connectivity index (χ3n) is 2.14. The molecule has 1 atom stereocenters. The van der Waals surface area contributed by atoms with Crippen molar-refractivity contribution in [3.05, 3.63) is 0 Å². The summed E-state index contributed by atoms with van der Waals surface area (Å²) >= 11 is 0. The quantitative estimate of drug-likeness (QED) is 0.737. The van der Waals surface area contributed by atoms with E-state index in [0.717, 1.165) is 6.54 Å². The summed E-state index contributed by atoms with van der Waals surface area (Å²) in [5.74, 6) is 0. The van der Waals surface area contributed by atoms with Gasteiger partial charge in [-0.1, -0.05) is 13.8 Å². The van der Waals surface area contributed by atoms with Gasteiger partial charge >= 0.3 is 0 Å². The first-order valence-corrected chi connectivity index (χ1v) is 6.68. The van der Waals surface area contributed by atoms with Crippen molar-refractivity contribution in [2.45, 2.75) is 26.0 Å². The van der Waals surface area contributed by atoms with E-state index in [2.05, 4.69) is 4.72 Å². The summed E-state index contributed by atoms with van der Waals surface area (Å²) in [5, 5.41) is 7.56. The van der Waals surface area contributed by atoms with E-state index < -0.39 is 15.3 Å². The molecule has 94 valence electrons. The second kappa shape index (κ2) is 5.62. The Morgan fingerprint density at radius 3 is 2.31 bits per heavy atom. The molecule has 0 aliphatic heterocycles. The van der Waals surface area contributed by atoms with Crippen molar-refractivity contribution in [3.63, 3.8) is 0 Å². The Labute approximate surface area is 98.5 Å². The monoisotopic (exact) mass is 247 g/mol. The summed E-state index contributed by atoms with van der Waals surface area (Å²) in [7, 11) is 0.368. The molecule has 0 rings (SSSR count). The van der Waals surface area contributed by atoms with E-state index in [1.807, 2.05) is 32.8 Å². The molecule has 16 heavy (non-hydrogen) atoms. The first-order valence-electron chi connectivity index (χ1n) is 5.13. The number of nitriles is 1. The third kappa shape index (κ3) is 5.45. The molecular formula is C10H21N3O2S. The van der Waals surface area contributed by atoms with Crippen LogP contribution in [-0.4, -0.2) is 45.8 Å². The summed E-state index contributed by atoms with van der Waals surface area (Å²) < 4.78 is 25.6. The summed E-state index contributed by atoms with van der Waals surface area (Å²) in [6.45, 7) is 6.44. The van der Waals surface area contributed by atoms with Crippen LogP contribution in [-0.2, 0) is 10.0 Å². The van der Waals surface area contributed by atoms with E-state index in [1.165, 1.54) is 6.92 Å². The first-order chi connectivity index (χ1) is 7.10. The van der Waals surface area contributed by atoms with Crippen molar-refractivity contribution in [3.8, 4) is 6.07 Å². The number of nitrogens with one attached hydrogen (secondary N) is 1. The fraction of sp³-hybridized carbons (Fsp3) is 0.900. The second-order valence-electron chi connectivity index (χ2n) is 5.04. The number of nitrogens with zero attached hydrogens (tertiary/aromatic N) is 2. The molecule has 1 N–H and O–H groups in total. The minimum absolute atomic E-state index is 0.161. The maximum Gasteiger partial charge on any atom is 0.227 e. The molecule has 0 bridgehead atoms. The summed E-state index contributed by atoms with van der Waals surface area (Å²) in [4.78, 5) is 2.00. The predicted molar refractivity (Wildman–Crippen MR) is 64.3 cm³/mol. The second-order valence-corrected chi connectivity index (χ2v) is 7.13. The molecule has 0 aromatic carbocycles. The van der Waals surface area contributed by atoms with E-state index in [1.54, 1.807) is 6.07 Å². The normalized spacial score (nSPS) is 14.8. The fourth-order valence-corrected chi connectivity index (χ4v) is 2.38. The zero-order valence-electron chi connectivity index (χ0n) is 10.6. The predicted octanol–water partition coefficient (Wildman–Crippen LogP) is 0.406. The average Bonchev–Trinajstić information content (AvgIpc) is 2.12. The lowest BCUT2D eigenvalue weighted by Gasteiger charge is -2.28. The van der Waals surface area contributed by atoms with Crippen LogP contribution >= 0.6 is 0 Å². The Bertz CT molecular complexity index is 355. The van der Waals surface area contributed by atoms with Crippen LogP contribution in [0.2, 0.25) is 0 Å².